The van der Waals surface area contributed by atoms with Crippen molar-refractivity contribution in [2.75, 3.05) is 165 Å². The molecule has 0 radical (unpaired) electrons. The Bertz CT molecular complexity index is 1270. The van der Waals surface area contributed by atoms with Gasteiger partial charge in [0.05, 0.1) is 145 Å². The lowest BCUT2D eigenvalue weighted by molar-refractivity contribution is -0.142. The van der Waals surface area contributed by atoms with Gasteiger partial charge in [0, 0.05) is 37.0 Å². The van der Waals surface area contributed by atoms with Gasteiger partial charge in [0.15, 0.2) is 0 Å². The van der Waals surface area contributed by atoms with Crippen LogP contribution in [0.5, 0.6) is 0 Å². The summed E-state index contributed by atoms with van der Waals surface area (Å²) in [6, 6.07) is -1.12. The van der Waals surface area contributed by atoms with Crippen molar-refractivity contribution in [1.29, 1.82) is 0 Å². The van der Waals surface area contributed by atoms with Crippen LogP contribution in [0.25, 0.3) is 10.4 Å². The fourth-order valence-electron chi connectivity index (χ4n) is 6.15. The number of unbranched alkanes of at least 4 members (excludes halogenated alkanes) is 12. The number of carbonyl (C=O) groups is 3. The maximum absolute atomic E-state index is 12.3. The van der Waals surface area contributed by atoms with Crippen molar-refractivity contribution in [2.24, 2.45) is 5.11 Å². The average molecular weight is 1020 g/mol. The lowest BCUT2D eigenvalue weighted by Gasteiger charge is -2.14. The van der Waals surface area contributed by atoms with Crippen molar-refractivity contribution in [3.63, 3.8) is 0 Å². The number of amides is 2. The third-order valence-corrected chi connectivity index (χ3v) is 10.7. The number of ether oxygens (including phenoxy) is 11. The molecular weight excluding hydrogens is 929 g/mol. The molecule has 0 rings (SSSR count). The van der Waals surface area contributed by atoms with Crippen LogP contribution in [0.2, 0.25) is 0 Å². The Hall–Kier alpha value is -2.57. The van der Waals surface area contributed by atoms with Crippen molar-refractivity contribution in [3.8, 4) is 0 Å². The van der Waals surface area contributed by atoms with E-state index in [0.717, 1.165) is 51.4 Å². The van der Waals surface area contributed by atoms with E-state index in [-0.39, 0.29) is 50.4 Å². The number of rotatable bonds is 57. The SMILES string of the molecule is [N-]=[N+]=NCCOCCOCCOCCOCCOCCOCCOCCOCCOCCOCCOCCNC(=O)CC[C@H](NC(=O)CCCCCCCCCCCCCCCP(=O)(O)O)C(=O)O. The van der Waals surface area contributed by atoms with E-state index in [0.29, 0.717) is 158 Å². The topological polar surface area (TPSA) is 303 Å². The molecule has 0 aliphatic carbocycles. The molecule has 0 aromatic carbocycles. The van der Waals surface area contributed by atoms with Crippen molar-refractivity contribution in [3.05, 3.63) is 10.4 Å². The fourth-order valence-corrected chi connectivity index (χ4v) is 6.79. The molecule has 0 saturated carbocycles. The van der Waals surface area contributed by atoms with Crippen LogP contribution in [0.1, 0.15) is 103 Å². The van der Waals surface area contributed by atoms with E-state index in [1.54, 1.807) is 0 Å². The lowest BCUT2D eigenvalue weighted by Crippen LogP contribution is -2.41. The van der Waals surface area contributed by atoms with Crippen LogP contribution in [0.4, 0.5) is 0 Å². The molecule has 0 fully saturated rings. The van der Waals surface area contributed by atoms with E-state index in [4.69, 9.17) is 67.4 Å². The zero-order valence-corrected chi connectivity index (χ0v) is 42.2. The van der Waals surface area contributed by atoms with Gasteiger partial charge < -0.3 is 77.6 Å². The third kappa shape index (κ3) is 56.2. The Morgan fingerprint density at radius 1 is 0.464 bits per heavy atom. The number of nitrogens with one attached hydrogen (secondary N) is 2. The fraction of sp³-hybridized carbons (Fsp3) is 0.933. The summed E-state index contributed by atoms with van der Waals surface area (Å²) in [6.07, 6.45) is 13.3. The minimum Gasteiger partial charge on any atom is -0.480 e. The molecule has 24 heteroatoms. The quantitative estimate of drug-likeness (QED) is 0.0183. The number of hydrogen-bond donors (Lipinski definition) is 5. The van der Waals surface area contributed by atoms with E-state index in [2.05, 4.69) is 20.7 Å². The zero-order valence-electron chi connectivity index (χ0n) is 41.3. The van der Waals surface area contributed by atoms with Crippen LogP contribution in [0, 0.1) is 0 Å². The standard InChI is InChI=1S/C45H88N5O18P/c46-50-48-18-20-59-22-24-61-26-28-63-30-32-65-34-36-67-38-40-68-39-37-66-35-33-64-31-29-62-27-25-60-23-21-58-19-17-47-43(51)16-15-42(45(53)54)49-44(52)14-12-10-8-6-4-2-1-3-5-7-9-11-13-41-69(55,56)57/h42H,1-41H2,(H,47,51)(H,49,52)(H,53,54)(H2,55,56,57)/t42-/m0/s1. The number of carbonyl (C=O) groups excluding carboxylic acids is 2. The molecule has 0 heterocycles. The second-order valence-electron chi connectivity index (χ2n) is 15.8. The molecule has 0 aliphatic rings. The van der Waals surface area contributed by atoms with Crippen molar-refractivity contribution < 1.29 is 85.9 Å². The summed E-state index contributed by atoms with van der Waals surface area (Å²) in [6.45, 7) is 10.1. The molecule has 0 aromatic rings. The van der Waals surface area contributed by atoms with Gasteiger partial charge in [-0.05, 0) is 24.8 Å². The monoisotopic (exact) mass is 1020 g/mol. The molecule has 0 saturated heterocycles. The number of azide groups is 1. The van der Waals surface area contributed by atoms with Crippen molar-refractivity contribution in [2.45, 2.75) is 109 Å². The molecule has 0 aromatic heterocycles. The summed E-state index contributed by atoms with van der Waals surface area (Å²) in [4.78, 5) is 56.6. The third-order valence-electron chi connectivity index (χ3n) is 9.83. The summed E-state index contributed by atoms with van der Waals surface area (Å²) in [5.41, 5.74) is 8.16. The van der Waals surface area contributed by atoms with Crippen LogP contribution in [0.3, 0.4) is 0 Å². The summed E-state index contributed by atoms with van der Waals surface area (Å²) in [7, 11) is -3.86. The highest BCUT2D eigenvalue weighted by Gasteiger charge is 2.21. The smallest absolute Gasteiger partial charge is 0.326 e. The summed E-state index contributed by atoms with van der Waals surface area (Å²) >= 11 is 0. The first-order valence-electron chi connectivity index (χ1n) is 24.8. The number of aliphatic carboxylic acids is 1. The summed E-state index contributed by atoms with van der Waals surface area (Å²) in [5, 5.41) is 18.1. The minimum absolute atomic E-state index is 0.00483. The average Bonchev–Trinajstić information content (AvgIpc) is 3.32. The predicted molar refractivity (Wildman–Crippen MR) is 256 cm³/mol. The van der Waals surface area contributed by atoms with Crippen LogP contribution in [0.15, 0.2) is 5.11 Å². The zero-order chi connectivity index (χ0) is 50.4. The molecule has 406 valence electrons. The van der Waals surface area contributed by atoms with Gasteiger partial charge in [-0.1, -0.05) is 75.7 Å². The Morgan fingerprint density at radius 3 is 1.12 bits per heavy atom. The number of carboxylic acid groups (broad SMARTS) is 1. The Kier molecular flexibility index (Phi) is 51.3. The van der Waals surface area contributed by atoms with E-state index in [1.807, 2.05) is 0 Å². The maximum Gasteiger partial charge on any atom is 0.326 e. The second kappa shape index (κ2) is 53.2. The van der Waals surface area contributed by atoms with E-state index >= 15 is 0 Å². The minimum atomic E-state index is -3.86. The molecule has 0 spiro atoms. The van der Waals surface area contributed by atoms with Crippen molar-refractivity contribution >= 4 is 25.4 Å². The molecular formula is C45H88N5O18P. The first-order chi connectivity index (χ1) is 33.7. The van der Waals surface area contributed by atoms with Gasteiger partial charge in [-0.3, -0.25) is 14.2 Å². The molecule has 0 unspecified atom stereocenters. The lowest BCUT2D eigenvalue weighted by atomic mass is 10.0. The van der Waals surface area contributed by atoms with Gasteiger partial charge in [0.25, 0.3) is 0 Å². The first-order valence-corrected chi connectivity index (χ1v) is 26.6. The van der Waals surface area contributed by atoms with Crippen LogP contribution < -0.4 is 10.6 Å². The van der Waals surface area contributed by atoms with Gasteiger partial charge in [-0.15, -0.1) is 0 Å². The van der Waals surface area contributed by atoms with Crippen LogP contribution >= 0.6 is 7.60 Å². The molecule has 1 atom stereocenters. The van der Waals surface area contributed by atoms with Crippen LogP contribution in [-0.4, -0.2) is 203 Å². The molecule has 5 N–H and O–H groups in total. The van der Waals surface area contributed by atoms with Gasteiger partial charge in [-0.25, -0.2) is 4.79 Å². The normalized spacial score (nSPS) is 12.0. The molecule has 0 bridgehead atoms. The summed E-state index contributed by atoms with van der Waals surface area (Å²) < 4.78 is 70.7. The number of nitrogens with zero attached hydrogens (tertiary/aromatic N) is 3. The maximum atomic E-state index is 12.3. The van der Waals surface area contributed by atoms with Gasteiger partial charge in [-0.2, -0.15) is 0 Å². The Morgan fingerprint density at radius 2 is 0.783 bits per heavy atom. The van der Waals surface area contributed by atoms with Gasteiger partial charge in [0.1, 0.15) is 6.04 Å². The number of hydrogen-bond acceptors (Lipinski definition) is 16. The molecule has 23 nitrogen and oxygen atoms in total. The highest BCUT2D eigenvalue weighted by molar-refractivity contribution is 7.51. The Labute approximate surface area is 410 Å². The van der Waals surface area contributed by atoms with E-state index in [1.165, 1.54) is 19.3 Å². The highest BCUT2D eigenvalue weighted by Crippen LogP contribution is 2.35. The summed E-state index contributed by atoms with van der Waals surface area (Å²) in [5.74, 6) is -1.81. The molecule has 0 aliphatic heterocycles. The van der Waals surface area contributed by atoms with E-state index < -0.39 is 19.6 Å². The molecule has 69 heavy (non-hydrogen) atoms. The van der Waals surface area contributed by atoms with Crippen molar-refractivity contribution in [1.82, 2.24) is 10.6 Å². The second-order valence-corrected chi connectivity index (χ2v) is 17.5. The molecule has 2 amide bonds. The Balaban J connectivity index is 3.41. The highest BCUT2D eigenvalue weighted by atomic mass is 31.2. The predicted octanol–water partition coefficient (Wildman–Crippen LogP) is 4.58. The van der Waals surface area contributed by atoms with Gasteiger partial charge in [0.2, 0.25) is 11.8 Å². The van der Waals surface area contributed by atoms with E-state index in [9.17, 15) is 24.1 Å². The number of carboxylic acids is 1. The van der Waals surface area contributed by atoms with Gasteiger partial charge >= 0.3 is 13.6 Å². The largest absolute Gasteiger partial charge is 0.480 e. The van der Waals surface area contributed by atoms with Crippen LogP contribution in [-0.2, 0) is 71.1 Å². The first kappa shape index (κ1) is 66.4.